The summed E-state index contributed by atoms with van der Waals surface area (Å²) in [6.07, 6.45) is 0.204. The molecule has 0 saturated carbocycles. The molecular formula is C14H24N2OS. The fraction of sp³-hybridized carbons (Fsp3) is 0.571. The van der Waals surface area contributed by atoms with Crippen molar-refractivity contribution in [3.8, 4) is 5.75 Å². The Morgan fingerprint density at radius 2 is 1.78 bits per heavy atom. The fourth-order valence-electron chi connectivity index (χ4n) is 1.58. The van der Waals surface area contributed by atoms with Gasteiger partial charge in [-0.25, -0.2) is 0 Å². The molecule has 1 aromatic rings. The van der Waals surface area contributed by atoms with Gasteiger partial charge in [0, 0.05) is 5.75 Å². The molecule has 0 aliphatic rings. The average molecular weight is 268 g/mol. The summed E-state index contributed by atoms with van der Waals surface area (Å²) in [4.78, 5) is 0. The number of nitrogens with two attached hydrogens (primary N) is 1. The molecule has 4 heteroatoms. The summed E-state index contributed by atoms with van der Waals surface area (Å²) in [5, 5.41) is 0.615. The number of hydrazine groups is 1. The van der Waals surface area contributed by atoms with Crippen molar-refractivity contribution in [2.24, 2.45) is 5.84 Å². The second kappa shape index (κ2) is 7.67. The minimum Gasteiger partial charge on any atom is -0.491 e. The molecule has 0 aliphatic heterocycles. The lowest BCUT2D eigenvalue weighted by molar-refractivity contribution is 0.242. The van der Waals surface area contributed by atoms with Crippen LogP contribution >= 0.6 is 11.8 Å². The van der Waals surface area contributed by atoms with E-state index in [1.165, 1.54) is 5.56 Å². The monoisotopic (exact) mass is 268 g/mol. The van der Waals surface area contributed by atoms with Crippen LogP contribution in [0.25, 0.3) is 0 Å². The highest BCUT2D eigenvalue weighted by Gasteiger charge is 2.11. The Balaban J connectivity index is 2.63. The number of rotatable bonds is 7. The van der Waals surface area contributed by atoms with E-state index in [1.54, 1.807) is 0 Å². The van der Waals surface area contributed by atoms with E-state index >= 15 is 0 Å². The van der Waals surface area contributed by atoms with Crippen molar-refractivity contribution in [2.75, 3.05) is 5.75 Å². The molecule has 0 heterocycles. The average Bonchev–Trinajstić information content (AvgIpc) is 2.31. The first-order valence-corrected chi connectivity index (χ1v) is 7.42. The van der Waals surface area contributed by atoms with Gasteiger partial charge < -0.3 is 4.74 Å². The molecular weight excluding hydrogens is 244 g/mol. The Kier molecular flexibility index (Phi) is 6.54. The predicted octanol–water partition coefficient (Wildman–Crippen LogP) is 3.12. The first-order chi connectivity index (χ1) is 8.52. The van der Waals surface area contributed by atoms with Crippen molar-refractivity contribution >= 4 is 11.8 Å². The van der Waals surface area contributed by atoms with E-state index in [9.17, 15) is 0 Å². The van der Waals surface area contributed by atoms with Crippen LogP contribution in [0.3, 0.4) is 0 Å². The van der Waals surface area contributed by atoms with Crippen molar-refractivity contribution < 1.29 is 4.74 Å². The highest BCUT2D eigenvalue weighted by atomic mass is 32.2. The number of hydrogen-bond donors (Lipinski definition) is 2. The normalized spacial score (nSPS) is 13.1. The van der Waals surface area contributed by atoms with E-state index < -0.39 is 0 Å². The van der Waals surface area contributed by atoms with E-state index in [-0.39, 0.29) is 12.1 Å². The lowest BCUT2D eigenvalue weighted by Gasteiger charge is -2.18. The highest BCUT2D eigenvalue weighted by molar-refractivity contribution is 7.99. The lowest BCUT2D eigenvalue weighted by Crippen LogP contribution is -2.30. The molecule has 3 nitrogen and oxygen atoms in total. The third kappa shape index (κ3) is 5.29. The minimum absolute atomic E-state index is 0.186. The van der Waals surface area contributed by atoms with Gasteiger partial charge in [-0.2, -0.15) is 11.8 Å². The number of hydrogen-bond acceptors (Lipinski definition) is 4. The Morgan fingerprint density at radius 3 is 2.22 bits per heavy atom. The molecule has 1 rings (SSSR count). The second-order valence-electron chi connectivity index (χ2n) is 4.84. The molecule has 18 heavy (non-hydrogen) atoms. The van der Waals surface area contributed by atoms with Crippen LogP contribution in [-0.2, 0) is 0 Å². The zero-order chi connectivity index (χ0) is 13.5. The Morgan fingerprint density at radius 1 is 1.17 bits per heavy atom. The van der Waals surface area contributed by atoms with Crippen LogP contribution in [-0.4, -0.2) is 17.1 Å². The standard InChI is InChI=1S/C14H24N2OS/c1-10(2)17-13-7-5-12(6-8-13)14(16-15)9-18-11(3)4/h5-8,10-11,14,16H,9,15H2,1-4H3. The maximum atomic E-state index is 5.62. The summed E-state index contributed by atoms with van der Waals surface area (Å²) < 4.78 is 5.62. The molecule has 0 amide bonds. The smallest absolute Gasteiger partial charge is 0.119 e. The van der Waals surface area contributed by atoms with Gasteiger partial charge in [0.1, 0.15) is 5.75 Å². The summed E-state index contributed by atoms with van der Waals surface area (Å²) in [5.74, 6) is 7.49. The van der Waals surface area contributed by atoms with Gasteiger partial charge in [-0.1, -0.05) is 26.0 Å². The van der Waals surface area contributed by atoms with Crippen LogP contribution in [0.1, 0.15) is 39.3 Å². The number of benzene rings is 1. The molecule has 0 aliphatic carbocycles. The third-order valence-electron chi connectivity index (χ3n) is 2.45. The molecule has 0 radical (unpaired) electrons. The fourth-order valence-corrected chi connectivity index (χ4v) is 2.45. The Hall–Kier alpha value is -0.710. The van der Waals surface area contributed by atoms with Crippen LogP contribution in [0.4, 0.5) is 0 Å². The summed E-state index contributed by atoms with van der Waals surface area (Å²) in [6, 6.07) is 8.33. The van der Waals surface area contributed by atoms with E-state index in [0.29, 0.717) is 5.25 Å². The molecule has 0 aromatic heterocycles. The summed E-state index contributed by atoms with van der Waals surface area (Å²) in [6.45, 7) is 8.44. The van der Waals surface area contributed by atoms with Crippen LogP contribution in [0, 0.1) is 0 Å². The lowest BCUT2D eigenvalue weighted by atomic mass is 10.1. The van der Waals surface area contributed by atoms with Crippen molar-refractivity contribution in [2.45, 2.75) is 45.1 Å². The van der Waals surface area contributed by atoms with Crippen molar-refractivity contribution in [3.63, 3.8) is 0 Å². The first-order valence-electron chi connectivity index (χ1n) is 6.37. The second-order valence-corrected chi connectivity index (χ2v) is 6.45. The molecule has 0 spiro atoms. The maximum Gasteiger partial charge on any atom is 0.119 e. The molecule has 3 N–H and O–H groups in total. The van der Waals surface area contributed by atoms with E-state index in [4.69, 9.17) is 10.6 Å². The Bertz CT molecular complexity index is 338. The largest absolute Gasteiger partial charge is 0.491 e. The van der Waals surface area contributed by atoms with Crippen LogP contribution < -0.4 is 16.0 Å². The molecule has 0 bridgehead atoms. The van der Waals surface area contributed by atoms with Gasteiger partial charge in [0.25, 0.3) is 0 Å². The van der Waals surface area contributed by atoms with Gasteiger partial charge in [-0.05, 0) is 36.8 Å². The van der Waals surface area contributed by atoms with Crippen LogP contribution in [0.15, 0.2) is 24.3 Å². The number of thioether (sulfide) groups is 1. The van der Waals surface area contributed by atoms with Gasteiger partial charge in [0.05, 0.1) is 12.1 Å². The predicted molar refractivity (Wildman–Crippen MR) is 79.9 cm³/mol. The molecule has 1 aromatic carbocycles. The van der Waals surface area contributed by atoms with Crippen LogP contribution in [0.5, 0.6) is 5.75 Å². The van der Waals surface area contributed by atoms with Gasteiger partial charge in [-0.3, -0.25) is 11.3 Å². The molecule has 0 saturated heterocycles. The zero-order valence-electron chi connectivity index (χ0n) is 11.6. The SMILES string of the molecule is CC(C)Oc1ccc(C(CSC(C)C)NN)cc1. The molecule has 102 valence electrons. The summed E-state index contributed by atoms with van der Waals surface area (Å²) in [5.41, 5.74) is 4.07. The summed E-state index contributed by atoms with van der Waals surface area (Å²) >= 11 is 1.90. The van der Waals surface area contributed by atoms with E-state index in [2.05, 4.69) is 31.4 Å². The molecule has 1 unspecified atom stereocenters. The van der Waals surface area contributed by atoms with Crippen molar-refractivity contribution in [1.29, 1.82) is 0 Å². The quantitative estimate of drug-likeness (QED) is 0.589. The van der Waals surface area contributed by atoms with Gasteiger partial charge in [-0.15, -0.1) is 0 Å². The zero-order valence-corrected chi connectivity index (χ0v) is 12.5. The highest BCUT2D eigenvalue weighted by Crippen LogP contribution is 2.23. The maximum absolute atomic E-state index is 5.62. The number of ether oxygens (including phenoxy) is 1. The van der Waals surface area contributed by atoms with E-state index in [0.717, 1.165) is 11.5 Å². The van der Waals surface area contributed by atoms with Crippen molar-refractivity contribution in [3.05, 3.63) is 29.8 Å². The van der Waals surface area contributed by atoms with Crippen molar-refractivity contribution in [1.82, 2.24) is 5.43 Å². The van der Waals surface area contributed by atoms with Gasteiger partial charge in [0.15, 0.2) is 0 Å². The number of nitrogens with one attached hydrogen (secondary N) is 1. The minimum atomic E-state index is 0.186. The van der Waals surface area contributed by atoms with Crippen LogP contribution in [0.2, 0.25) is 0 Å². The third-order valence-corrected chi connectivity index (χ3v) is 3.64. The molecule has 0 fully saturated rings. The van der Waals surface area contributed by atoms with Gasteiger partial charge >= 0.3 is 0 Å². The first kappa shape index (κ1) is 15.3. The van der Waals surface area contributed by atoms with E-state index in [1.807, 2.05) is 37.7 Å². The Labute approximate surface area is 114 Å². The summed E-state index contributed by atoms with van der Waals surface area (Å²) in [7, 11) is 0. The molecule has 1 atom stereocenters. The topological polar surface area (TPSA) is 47.3 Å². The van der Waals surface area contributed by atoms with Gasteiger partial charge in [0.2, 0.25) is 0 Å².